The Balaban J connectivity index is 2.02. The normalized spacial score (nSPS) is 11.6. The molecule has 8 heteroatoms. The van der Waals surface area contributed by atoms with Crippen LogP contribution in [-0.2, 0) is 12.8 Å². The molecule has 102 valence electrons. The average Bonchev–Trinajstić information content (AvgIpc) is 2.79. The SMILES string of the molecule is Cc1cc(OCc2nc(C(F)(F)F)cs2)nnc1C. The van der Waals surface area contributed by atoms with E-state index in [1.165, 1.54) is 0 Å². The van der Waals surface area contributed by atoms with Crippen molar-refractivity contribution < 1.29 is 17.9 Å². The summed E-state index contributed by atoms with van der Waals surface area (Å²) in [7, 11) is 0. The predicted octanol–water partition coefficient (Wildman–Crippen LogP) is 3.15. The van der Waals surface area contributed by atoms with Crippen molar-refractivity contribution in [2.45, 2.75) is 26.6 Å². The highest BCUT2D eigenvalue weighted by atomic mass is 32.1. The van der Waals surface area contributed by atoms with Crippen molar-refractivity contribution in [3.63, 3.8) is 0 Å². The van der Waals surface area contributed by atoms with Crippen LogP contribution in [0.25, 0.3) is 0 Å². The highest BCUT2D eigenvalue weighted by molar-refractivity contribution is 7.09. The smallest absolute Gasteiger partial charge is 0.434 e. The van der Waals surface area contributed by atoms with E-state index >= 15 is 0 Å². The van der Waals surface area contributed by atoms with Gasteiger partial charge in [-0.1, -0.05) is 0 Å². The summed E-state index contributed by atoms with van der Waals surface area (Å²) in [5.41, 5.74) is 0.781. The van der Waals surface area contributed by atoms with Gasteiger partial charge in [-0.15, -0.1) is 16.4 Å². The molecule has 2 rings (SSSR count). The molecule has 0 atom stereocenters. The molecule has 0 aliphatic heterocycles. The van der Waals surface area contributed by atoms with Gasteiger partial charge in [0.15, 0.2) is 5.69 Å². The number of nitrogens with zero attached hydrogens (tertiary/aromatic N) is 3. The fraction of sp³-hybridized carbons (Fsp3) is 0.364. The predicted molar refractivity (Wildman–Crippen MR) is 63.0 cm³/mol. The minimum Gasteiger partial charge on any atom is -0.469 e. The van der Waals surface area contributed by atoms with E-state index in [0.29, 0.717) is 0 Å². The Kier molecular flexibility index (Phi) is 3.70. The van der Waals surface area contributed by atoms with Gasteiger partial charge in [0.2, 0.25) is 5.88 Å². The Morgan fingerprint density at radius 2 is 2.00 bits per heavy atom. The van der Waals surface area contributed by atoms with Gasteiger partial charge in [0.05, 0.1) is 5.69 Å². The summed E-state index contributed by atoms with van der Waals surface area (Å²) >= 11 is 0.899. The van der Waals surface area contributed by atoms with Gasteiger partial charge in [0.25, 0.3) is 0 Å². The fourth-order valence-corrected chi connectivity index (χ4v) is 1.95. The zero-order chi connectivity index (χ0) is 14.0. The molecule has 0 bridgehead atoms. The van der Waals surface area contributed by atoms with E-state index in [4.69, 9.17) is 4.74 Å². The van der Waals surface area contributed by atoms with Crippen LogP contribution in [0.1, 0.15) is 22.0 Å². The van der Waals surface area contributed by atoms with Crippen LogP contribution in [0.5, 0.6) is 5.88 Å². The standard InChI is InChI=1S/C11H10F3N3OS/c1-6-3-9(17-16-7(6)2)18-4-10-15-8(5-19-10)11(12,13)14/h3,5H,4H2,1-2H3. The molecule has 0 unspecified atom stereocenters. The van der Waals surface area contributed by atoms with Crippen LogP contribution in [0.15, 0.2) is 11.4 Å². The maximum absolute atomic E-state index is 12.3. The topological polar surface area (TPSA) is 47.9 Å². The van der Waals surface area contributed by atoms with Crippen LogP contribution in [-0.4, -0.2) is 15.2 Å². The molecular weight excluding hydrogens is 279 g/mol. The van der Waals surface area contributed by atoms with E-state index < -0.39 is 11.9 Å². The van der Waals surface area contributed by atoms with Crippen molar-refractivity contribution in [3.8, 4) is 5.88 Å². The first-order valence-electron chi connectivity index (χ1n) is 5.31. The molecule has 19 heavy (non-hydrogen) atoms. The second kappa shape index (κ2) is 5.12. The number of ether oxygens (including phenoxy) is 1. The fourth-order valence-electron chi connectivity index (χ4n) is 1.24. The van der Waals surface area contributed by atoms with Crippen LogP contribution in [0.2, 0.25) is 0 Å². The molecule has 0 aromatic carbocycles. The quantitative estimate of drug-likeness (QED) is 0.871. The number of hydrogen-bond acceptors (Lipinski definition) is 5. The minimum absolute atomic E-state index is 0.0576. The number of halogens is 3. The molecule has 0 radical (unpaired) electrons. The highest BCUT2D eigenvalue weighted by Crippen LogP contribution is 2.30. The Labute approximate surface area is 111 Å². The van der Waals surface area contributed by atoms with Gasteiger partial charge in [-0.3, -0.25) is 0 Å². The average molecular weight is 289 g/mol. The van der Waals surface area contributed by atoms with Crippen LogP contribution in [0, 0.1) is 13.8 Å². The maximum Gasteiger partial charge on any atom is 0.434 e. The van der Waals surface area contributed by atoms with E-state index in [2.05, 4.69) is 15.2 Å². The van der Waals surface area contributed by atoms with Crippen LogP contribution >= 0.6 is 11.3 Å². The lowest BCUT2D eigenvalue weighted by atomic mass is 10.2. The Bertz CT molecular complexity index is 583. The third-order valence-corrected chi connectivity index (χ3v) is 3.22. The van der Waals surface area contributed by atoms with Crippen molar-refractivity contribution in [2.24, 2.45) is 0 Å². The van der Waals surface area contributed by atoms with Crippen molar-refractivity contribution in [1.82, 2.24) is 15.2 Å². The van der Waals surface area contributed by atoms with Crippen molar-refractivity contribution in [2.75, 3.05) is 0 Å². The third-order valence-electron chi connectivity index (χ3n) is 2.39. The van der Waals surface area contributed by atoms with E-state index in [9.17, 15) is 13.2 Å². The van der Waals surface area contributed by atoms with Gasteiger partial charge >= 0.3 is 6.18 Å². The first kappa shape index (κ1) is 13.7. The number of alkyl halides is 3. The Morgan fingerprint density at radius 1 is 1.26 bits per heavy atom. The van der Waals surface area contributed by atoms with Crippen LogP contribution < -0.4 is 4.74 Å². The van der Waals surface area contributed by atoms with Gasteiger partial charge < -0.3 is 4.74 Å². The Hall–Kier alpha value is -1.70. The van der Waals surface area contributed by atoms with Gasteiger partial charge in [0.1, 0.15) is 11.6 Å². The molecule has 0 amide bonds. The Morgan fingerprint density at radius 3 is 2.58 bits per heavy atom. The van der Waals surface area contributed by atoms with Crippen LogP contribution in [0.3, 0.4) is 0 Å². The van der Waals surface area contributed by atoms with Crippen LogP contribution in [0.4, 0.5) is 13.2 Å². The summed E-state index contributed by atoms with van der Waals surface area (Å²) in [6, 6.07) is 1.68. The maximum atomic E-state index is 12.3. The number of aryl methyl sites for hydroxylation is 2. The summed E-state index contributed by atoms with van der Waals surface area (Å²) in [5.74, 6) is 0.270. The van der Waals surface area contributed by atoms with Gasteiger partial charge in [-0.25, -0.2) is 4.98 Å². The first-order valence-corrected chi connectivity index (χ1v) is 6.19. The monoisotopic (exact) mass is 289 g/mol. The molecule has 0 saturated heterocycles. The van der Waals surface area contributed by atoms with Gasteiger partial charge in [0, 0.05) is 11.4 Å². The summed E-state index contributed by atoms with van der Waals surface area (Å²) in [5, 5.41) is 8.86. The van der Waals surface area contributed by atoms with E-state index in [0.717, 1.165) is 28.0 Å². The second-order valence-electron chi connectivity index (χ2n) is 3.86. The summed E-state index contributed by atoms with van der Waals surface area (Å²) in [4.78, 5) is 3.46. The second-order valence-corrected chi connectivity index (χ2v) is 4.81. The first-order chi connectivity index (χ1) is 8.86. The van der Waals surface area contributed by atoms with E-state index in [-0.39, 0.29) is 17.5 Å². The highest BCUT2D eigenvalue weighted by Gasteiger charge is 2.33. The number of thiazole rings is 1. The molecule has 2 heterocycles. The molecule has 2 aromatic heterocycles. The molecule has 2 aromatic rings. The lowest BCUT2D eigenvalue weighted by Gasteiger charge is -2.04. The molecule has 4 nitrogen and oxygen atoms in total. The van der Waals surface area contributed by atoms with E-state index in [1.54, 1.807) is 6.07 Å². The number of rotatable bonds is 3. The number of aromatic nitrogens is 3. The largest absolute Gasteiger partial charge is 0.469 e. The molecular formula is C11H10F3N3OS. The summed E-state index contributed by atoms with van der Waals surface area (Å²) in [6.07, 6.45) is -4.42. The number of hydrogen-bond donors (Lipinski definition) is 0. The molecule has 0 spiro atoms. The van der Waals surface area contributed by atoms with Gasteiger partial charge in [-0.05, 0) is 19.4 Å². The van der Waals surface area contributed by atoms with Crippen molar-refractivity contribution in [3.05, 3.63) is 33.4 Å². The van der Waals surface area contributed by atoms with Gasteiger partial charge in [-0.2, -0.15) is 18.3 Å². The minimum atomic E-state index is -4.42. The molecule has 0 aliphatic rings. The molecule has 0 N–H and O–H groups in total. The summed E-state index contributed by atoms with van der Waals surface area (Å²) in [6.45, 7) is 3.60. The molecule has 0 aliphatic carbocycles. The van der Waals surface area contributed by atoms with E-state index in [1.807, 2.05) is 13.8 Å². The third kappa shape index (κ3) is 3.40. The molecule has 0 fully saturated rings. The summed E-state index contributed by atoms with van der Waals surface area (Å²) < 4.78 is 42.3. The lowest BCUT2D eigenvalue weighted by molar-refractivity contribution is -0.140. The zero-order valence-corrected chi connectivity index (χ0v) is 11.0. The lowest BCUT2D eigenvalue weighted by Crippen LogP contribution is -2.06. The molecule has 0 saturated carbocycles. The van der Waals surface area contributed by atoms with Crippen molar-refractivity contribution >= 4 is 11.3 Å². The van der Waals surface area contributed by atoms with Crippen molar-refractivity contribution in [1.29, 1.82) is 0 Å². The zero-order valence-electron chi connectivity index (χ0n) is 10.2.